The number of hydrogen-bond acceptors (Lipinski definition) is 4. The van der Waals surface area contributed by atoms with Crippen LogP contribution in [-0.4, -0.2) is 36.2 Å². The zero-order valence-corrected chi connectivity index (χ0v) is 12.6. The number of imidazole rings is 1. The van der Waals surface area contributed by atoms with E-state index in [1.54, 1.807) is 4.68 Å². The van der Waals surface area contributed by atoms with E-state index in [-0.39, 0.29) is 5.75 Å². The number of aromatic nitrogens is 4. The number of aliphatic carboxylic acids is 1. The molecule has 108 valence electrons. The van der Waals surface area contributed by atoms with Crippen molar-refractivity contribution in [1.82, 2.24) is 19.3 Å². The summed E-state index contributed by atoms with van der Waals surface area (Å²) < 4.78 is 3.82. The lowest BCUT2D eigenvalue weighted by molar-refractivity contribution is -0.133. The predicted octanol–water partition coefficient (Wildman–Crippen LogP) is 1.96. The molecule has 2 aromatic rings. The zero-order valence-electron chi connectivity index (χ0n) is 11.8. The normalized spacial score (nSPS) is 11.2. The molecule has 0 aromatic carbocycles. The Labute approximate surface area is 121 Å². The second-order valence-electron chi connectivity index (χ2n) is 4.91. The monoisotopic (exact) mass is 294 g/mol. The quantitative estimate of drug-likeness (QED) is 0.825. The number of hydrogen-bond donors (Lipinski definition) is 1. The van der Waals surface area contributed by atoms with Crippen molar-refractivity contribution in [2.75, 3.05) is 5.75 Å². The van der Waals surface area contributed by atoms with Crippen molar-refractivity contribution in [3.05, 3.63) is 29.8 Å². The Balaban J connectivity index is 2.26. The number of nitrogens with zero attached hydrogens (tertiary/aromatic N) is 4. The maximum atomic E-state index is 10.7. The molecule has 0 radical (unpaired) electrons. The fourth-order valence-corrected chi connectivity index (χ4v) is 2.67. The van der Waals surface area contributed by atoms with Gasteiger partial charge in [-0.15, -0.1) is 0 Å². The summed E-state index contributed by atoms with van der Waals surface area (Å²) in [5.41, 5.74) is 2.17. The third kappa shape index (κ3) is 3.41. The molecule has 0 spiro atoms. The second-order valence-corrected chi connectivity index (χ2v) is 5.85. The highest BCUT2D eigenvalue weighted by Crippen LogP contribution is 2.24. The fourth-order valence-electron chi connectivity index (χ4n) is 1.97. The Bertz CT molecular complexity index is 603. The van der Waals surface area contributed by atoms with E-state index in [4.69, 9.17) is 5.11 Å². The van der Waals surface area contributed by atoms with Gasteiger partial charge in [0.05, 0.1) is 18.5 Å². The highest BCUT2D eigenvalue weighted by atomic mass is 32.2. The van der Waals surface area contributed by atoms with Crippen LogP contribution in [0.3, 0.4) is 0 Å². The summed E-state index contributed by atoms with van der Waals surface area (Å²) in [6.07, 6.45) is 5.59. The first-order valence-electron chi connectivity index (χ1n) is 6.35. The minimum absolute atomic E-state index is 0.0155. The van der Waals surface area contributed by atoms with Gasteiger partial charge in [0, 0.05) is 30.7 Å². The van der Waals surface area contributed by atoms with Crippen molar-refractivity contribution >= 4 is 17.7 Å². The van der Waals surface area contributed by atoms with Gasteiger partial charge in [-0.1, -0.05) is 25.6 Å². The van der Waals surface area contributed by atoms with Gasteiger partial charge in [0.25, 0.3) is 0 Å². The summed E-state index contributed by atoms with van der Waals surface area (Å²) in [6, 6.07) is 0. The van der Waals surface area contributed by atoms with Crippen LogP contribution < -0.4 is 0 Å². The highest BCUT2D eigenvalue weighted by molar-refractivity contribution is 7.99. The van der Waals surface area contributed by atoms with Gasteiger partial charge in [-0.2, -0.15) is 5.10 Å². The van der Waals surface area contributed by atoms with Crippen LogP contribution in [0.2, 0.25) is 0 Å². The Kier molecular flexibility index (Phi) is 4.49. The number of carboxylic acid groups (broad SMARTS) is 1. The minimum Gasteiger partial charge on any atom is -0.481 e. The molecule has 6 nitrogen and oxygen atoms in total. The number of rotatable bonds is 6. The van der Waals surface area contributed by atoms with Gasteiger partial charge in [-0.25, -0.2) is 4.98 Å². The van der Waals surface area contributed by atoms with Gasteiger partial charge in [-0.3, -0.25) is 9.48 Å². The van der Waals surface area contributed by atoms with Gasteiger partial charge < -0.3 is 9.67 Å². The molecule has 0 aliphatic rings. The van der Waals surface area contributed by atoms with Crippen molar-refractivity contribution in [3.63, 3.8) is 0 Å². The van der Waals surface area contributed by atoms with Crippen LogP contribution in [0.15, 0.2) is 23.7 Å². The van der Waals surface area contributed by atoms with Crippen molar-refractivity contribution < 1.29 is 9.90 Å². The van der Waals surface area contributed by atoms with E-state index in [1.807, 2.05) is 25.6 Å². The summed E-state index contributed by atoms with van der Waals surface area (Å²) in [7, 11) is 1.88. The number of carboxylic acids is 1. The zero-order chi connectivity index (χ0) is 14.7. The molecule has 0 bridgehead atoms. The van der Waals surface area contributed by atoms with Crippen LogP contribution in [0.25, 0.3) is 0 Å². The van der Waals surface area contributed by atoms with Crippen LogP contribution in [0, 0.1) is 0 Å². The fraction of sp³-hybridized carbons (Fsp3) is 0.462. The molecule has 0 atom stereocenters. The molecule has 0 aliphatic heterocycles. The molecule has 1 N–H and O–H groups in total. The SMILES string of the molecule is CC(C)c1cnc(SCC(=O)O)n1Cc1cnn(C)c1. The maximum absolute atomic E-state index is 10.7. The predicted molar refractivity (Wildman–Crippen MR) is 77.0 cm³/mol. The van der Waals surface area contributed by atoms with E-state index in [9.17, 15) is 4.79 Å². The molecule has 0 saturated heterocycles. The average Bonchev–Trinajstić information content (AvgIpc) is 2.94. The largest absolute Gasteiger partial charge is 0.481 e. The van der Waals surface area contributed by atoms with Crippen molar-refractivity contribution in [1.29, 1.82) is 0 Å². The summed E-state index contributed by atoms with van der Waals surface area (Å²) in [5.74, 6) is -0.489. The number of aryl methyl sites for hydroxylation is 1. The smallest absolute Gasteiger partial charge is 0.313 e. The molecule has 20 heavy (non-hydrogen) atoms. The van der Waals surface area contributed by atoms with E-state index in [0.29, 0.717) is 12.5 Å². The molecule has 0 amide bonds. The lowest BCUT2D eigenvalue weighted by atomic mass is 10.1. The summed E-state index contributed by atoms with van der Waals surface area (Å²) in [5, 5.41) is 13.7. The third-order valence-electron chi connectivity index (χ3n) is 2.87. The van der Waals surface area contributed by atoms with Gasteiger partial charge in [0.2, 0.25) is 0 Å². The molecule has 7 heteroatoms. The Morgan fingerprint density at radius 1 is 1.45 bits per heavy atom. The van der Waals surface area contributed by atoms with E-state index in [0.717, 1.165) is 16.4 Å². The topological polar surface area (TPSA) is 72.9 Å². The van der Waals surface area contributed by atoms with Crippen LogP contribution in [-0.2, 0) is 18.4 Å². The van der Waals surface area contributed by atoms with E-state index in [1.165, 1.54) is 11.8 Å². The molecule has 2 rings (SSSR count). The van der Waals surface area contributed by atoms with E-state index < -0.39 is 5.97 Å². The molecular formula is C13H18N4O2S. The van der Waals surface area contributed by atoms with Gasteiger partial charge >= 0.3 is 5.97 Å². The third-order valence-corrected chi connectivity index (χ3v) is 3.84. The second kappa shape index (κ2) is 6.13. The highest BCUT2D eigenvalue weighted by Gasteiger charge is 2.15. The van der Waals surface area contributed by atoms with Crippen molar-refractivity contribution in [3.8, 4) is 0 Å². The number of thioether (sulfide) groups is 1. The van der Waals surface area contributed by atoms with Crippen LogP contribution in [0.5, 0.6) is 0 Å². The summed E-state index contributed by atoms with van der Waals surface area (Å²) in [6.45, 7) is 4.86. The Morgan fingerprint density at radius 3 is 2.75 bits per heavy atom. The maximum Gasteiger partial charge on any atom is 0.313 e. The number of carbonyl (C=O) groups is 1. The Hall–Kier alpha value is -1.76. The van der Waals surface area contributed by atoms with Crippen LogP contribution >= 0.6 is 11.8 Å². The lowest BCUT2D eigenvalue weighted by Gasteiger charge is -2.12. The van der Waals surface area contributed by atoms with Gasteiger partial charge in [0.15, 0.2) is 5.16 Å². The van der Waals surface area contributed by atoms with E-state index in [2.05, 4.69) is 28.5 Å². The molecular weight excluding hydrogens is 276 g/mol. The first kappa shape index (κ1) is 14.6. The average molecular weight is 294 g/mol. The standard InChI is InChI=1S/C13H18N4O2S/c1-9(2)11-5-14-13(20-8-12(18)19)17(11)7-10-4-15-16(3)6-10/h4-6,9H,7-8H2,1-3H3,(H,18,19). The molecule has 0 saturated carbocycles. The first-order chi connectivity index (χ1) is 9.47. The summed E-state index contributed by atoms with van der Waals surface area (Å²) in [4.78, 5) is 15.1. The Morgan fingerprint density at radius 2 is 2.20 bits per heavy atom. The molecule has 0 unspecified atom stereocenters. The first-order valence-corrected chi connectivity index (χ1v) is 7.33. The van der Waals surface area contributed by atoms with E-state index >= 15 is 0 Å². The van der Waals surface area contributed by atoms with Crippen molar-refractivity contribution in [2.45, 2.75) is 31.5 Å². The summed E-state index contributed by atoms with van der Waals surface area (Å²) >= 11 is 1.24. The molecule has 2 aromatic heterocycles. The van der Waals surface area contributed by atoms with Gasteiger partial charge in [-0.05, 0) is 5.92 Å². The molecule has 0 fully saturated rings. The minimum atomic E-state index is -0.836. The molecule has 0 aliphatic carbocycles. The lowest BCUT2D eigenvalue weighted by Crippen LogP contribution is -2.08. The van der Waals surface area contributed by atoms with Gasteiger partial charge in [0.1, 0.15) is 0 Å². The molecule has 2 heterocycles. The van der Waals surface area contributed by atoms with Crippen LogP contribution in [0.4, 0.5) is 0 Å². The van der Waals surface area contributed by atoms with Crippen LogP contribution in [0.1, 0.15) is 31.0 Å². The van der Waals surface area contributed by atoms with Crippen molar-refractivity contribution in [2.24, 2.45) is 7.05 Å².